The van der Waals surface area contributed by atoms with Gasteiger partial charge in [-0.3, -0.25) is 9.59 Å². The van der Waals surface area contributed by atoms with Crippen LogP contribution in [-0.4, -0.2) is 23.6 Å². The molecule has 2 N–H and O–H groups in total. The van der Waals surface area contributed by atoms with E-state index in [4.69, 9.17) is 9.84 Å². The lowest BCUT2D eigenvalue weighted by molar-refractivity contribution is -0.140. The summed E-state index contributed by atoms with van der Waals surface area (Å²) in [7, 11) is 0. The summed E-state index contributed by atoms with van der Waals surface area (Å²) in [6.07, 6.45) is 0. The van der Waals surface area contributed by atoms with Crippen LogP contribution in [0.2, 0.25) is 0 Å². The second-order valence-corrected chi connectivity index (χ2v) is 5.56. The average Bonchev–Trinajstić information content (AvgIpc) is 2.95. The van der Waals surface area contributed by atoms with Gasteiger partial charge >= 0.3 is 5.97 Å². The molecule has 0 heterocycles. The maximum Gasteiger partial charge on any atom is 0.307 e. The maximum atomic E-state index is 12.1. The number of carbonyl (C=O) groups is 2. The molecule has 5 heteroatoms. The van der Waals surface area contributed by atoms with E-state index in [1.807, 2.05) is 6.92 Å². The van der Waals surface area contributed by atoms with Crippen molar-refractivity contribution < 1.29 is 19.4 Å². The van der Waals surface area contributed by atoms with Crippen molar-refractivity contribution in [3.05, 3.63) is 24.3 Å². The monoisotopic (exact) mass is 277 g/mol. The molecule has 1 aromatic rings. The van der Waals surface area contributed by atoms with Gasteiger partial charge in [-0.2, -0.15) is 0 Å². The molecule has 2 atom stereocenters. The highest BCUT2D eigenvalue weighted by molar-refractivity contribution is 5.99. The highest BCUT2D eigenvalue weighted by Crippen LogP contribution is 2.58. The Labute approximate surface area is 117 Å². The zero-order valence-corrected chi connectivity index (χ0v) is 11.8. The third kappa shape index (κ3) is 2.61. The number of benzene rings is 1. The first kappa shape index (κ1) is 14.4. The number of aliphatic carboxylic acids is 1. The Bertz CT molecular complexity index is 521. The first-order valence-corrected chi connectivity index (χ1v) is 6.64. The fourth-order valence-corrected chi connectivity index (χ4v) is 2.61. The van der Waals surface area contributed by atoms with E-state index in [2.05, 4.69) is 5.32 Å². The molecule has 1 aliphatic rings. The minimum absolute atomic E-state index is 0.244. The molecule has 1 aromatic carbocycles. The van der Waals surface area contributed by atoms with Gasteiger partial charge in [0.05, 0.1) is 18.4 Å². The summed E-state index contributed by atoms with van der Waals surface area (Å²) in [6.45, 7) is 6.08. The van der Waals surface area contributed by atoms with Crippen LogP contribution in [0, 0.1) is 17.3 Å². The molecular formula is C15H19NO4. The van der Waals surface area contributed by atoms with Crippen LogP contribution in [0.4, 0.5) is 5.69 Å². The van der Waals surface area contributed by atoms with E-state index in [1.165, 1.54) is 0 Å². The standard InChI is InChI=1S/C15H19NO4/c1-4-20-10-7-5-9(6-8-10)16-13(17)11-12(14(18)19)15(11,2)3/h5-8,11-12H,4H2,1-3H3,(H,16,17)(H,18,19)/t11-,12+/m0/s1. The fourth-order valence-electron chi connectivity index (χ4n) is 2.61. The molecule has 20 heavy (non-hydrogen) atoms. The highest BCUT2D eigenvalue weighted by atomic mass is 16.5. The van der Waals surface area contributed by atoms with E-state index in [-0.39, 0.29) is 5.91 Å². The summed E-state index contributed by atoms with van der Waals surface area (Å²) in [5.74, 6) is -1.51. The predicted molar refractivity (Wildman–Crippen MR) is 74.6 cm³/mol. The van der Waals surface area contributed by atoms with Crippen molar-refractivity contribution in [2.45, 2.75) is 20.8 Å². The number of carboxylic acid groups (broad SMARTS) is 1. The summed E-state index contributed by atoms with van der Waals surface area (Å²) >= 11 is 0. The zero-order chi connectivity index (χ0) is 14.9. The number of amides is 1. The smallest absolute Gasteiger partial charge is 0.307 e. The first-order valence-electron chi connectivity index (χ1n) is 6.64. The molecule has 108 valence electrons. The summed E-state index contributed by atoms with van der Waals surface area (Å²) < 4.78 is 5.32. The topological polar surface area (TPSA) is 75.6 Å². The molecule has 1 amide bonds. The Morgan fingerprint density at radius 1 is 1.25 bits per heavy atom. The van der Waals surface area contributed by atoms with Crippen LogP contribution in [0.1, 0.15) is 20.8 Å². The van der Waals surface area contributed by atoms with Gasteiger partial charge in [0.2, 0.25) is 5.91 Å². The molecule has 0 bridgehead atoms. The zero-order valence-electron chi connectivity index (χ0n) is 11.8. The van der Waals surface area contributed by atoms with Gasteiger partial charge in [-0.05, 0) is 36.6 Å². The van der Waals surface area contributed by atoms with Gasteiger partial charge in [-0.1, -0.05) is 13.8 Å². The molecule has 0 aromatic heterocycles. The van der Waals surface area contributed by atoms with E-state index >= 15 is 0 Å². The molecule has 1 aliphatic carbocycles. The van der Waals surface area contributed by atoms with Crippen LogP contribution in [0.5, 0.6) is 5.75 Å². The van der Waals surface area contributed by atoms with Gasteiger partial charge in [-0.25, -0.2) is 0 Å². The van der Waals surface area contributed by atoms with Gasteiger partial charge in [0, 0.05) is 5.69 Å². The molecular weight excluding hydrogens is 258 g/mol. The first-order chi connectivity index (χ1) is 9.37. The quantitative estimate of drug-likeness (QED) is 0.866. The lowest BCUT2D eigenvalue weighted by atomic mass is 10.1. The molecule has 0 radical (unpaired) electrons. The number of carbonyl (C=O) groups excluding carboxylic acids is 1. The molecule has 1 fully saturated rings. The number of ether oxygens (including phenoxy) is 1. The lowest BCUT2D eigenvalue weighted by Gasteiger charge is -2.07. The van der Waals surface area contributed by atoms with Crippen molar-refractivity contribution in [1.82, 2.24) is 0 Å². The SMILES string of the molecule is CCOc1ccc(NC(=O)[C@@H]2[C@H](C(=O)O)C2(C)C)cc1. The van der Waals surface area contributed by atoms with Crippen molar-refractivity contribution in [3.8, 4) is 5.75 Å². The summed E-state index contributed by atoms with van der Waals surface area (Å²) in [6, 6.07) is 7.03. The minimum atomic E-state index is -0.915. The van der Waals surface area contributed by atoms with E-state index in [0.29, 0.717) is 12.3 Å². The van der Waals surface area contributed by atoms with Crippen LogP contribution < -0.4 is 10.1 Å². The normalized spacial score (nSPS) is 22.9. The van der Waals surface area contributed by atoms with Gasteiger partial charge in [-0.15, -0.1) is 0 Å². The van der Waals surface area contributed by atoms with Crippen LogP contribution in [-0.2, 0) is 9.59 Å². The van der Waals surface area contributed by atoms with E-state index in [9.17, 15) is 9.59 Å². The van der Waals surface area contributed by atoms with Crippen molar-refractivity contribution in [2.24, 2.45) is 17.3 Å². The Morgan fingerprint density at radius 2 is 1.85 bits per heavy atom. The van der Waals surface area contributed by atoms with Crippen LogP contribution >= 0.6 is 0 Å². The van der Waals surface area contributed by atoms with Gasteiger partial charge in [0.25, 0.3) is 0 Å². The molecule has 5 nitrogen and oxygen atoms in total. The van der Waals surface area contributed by atoms with E-state index in [0.717, 1.165) is 5.75 Å². The maximum absolute atomic E-state index is 12.1. The second-order valence-electron chi connectivity index (χ2n) is 5.56. The van der Waals surface area contributed by atoms with Crippen LogP contribution in [0.25, 0.3) is 0 Å². The van der Waals surface area contributed by atoms with Crippen molar-refractivity contribution in [3.63, 3.8) is 0 Å². The minimum Gasteiger partial charge on any atom is -0.494 e. The van der Waals surface area contributed by atoms with E-state index < -0.39 is 23.2 Å². The lowest BCUT2D eigenvalue weighted by Crippen LogP contribution is -2.17. The summed E-state index contributed by atoms with van der Waals surface area (Å²) in [5.41, 5.74) is 0.159. The number of carboxylic acids is 1. The Morgan fingerprint density at radius 3 is 2.30 bits per heavy atom. The second kappa shape index (κ2) is 5.15. The van der Waals surface area contributed by atoms with Crippen molar-refractivity contribution >= 4 is 17.6 Å². The Kier molecular flexibility index (Phi) is 3.70. The molecule has 2 rings (SSSR count). The molecule has 0 saturated heterocycles. The van der Waals surface area contributed by atoms with Crippen LogP contribution in [0.15, 0.2) is 24.3 Å². The third-order valence-electron chi connectivity index (χ3n) is 3.81. The fraction of sp³-hybridized carbons (Fsp3) is 0.467. The molecule has 0 spiro atoms. The average molecular weight is 277 g/mol. The van der Waals surface area contributed by atoms with Crippen molar-refractivity contribution in [1.29, 1.82) is 0 Å². The number of hydrogen-bond donors (Lipinski definition) is 2. The van der Waals surface area contributed by atoms with Crippen LogP contribution in [0.3, 0.4) is 0 Å². The van der Waals surface area contributed by atoms with Gasteiger partial charge in [0.1, 0.15) is 5.75 Å². The Balaban J connectivity index is 2.00. The summed E-state index contributed by atoms with van der Waals surface area (Å²) in [5, 5.41) is 11.8. The highest BCUT2D eigenvalue weighted by Gasteiger charge is 2.65. The predicted octanol–water partition coefficient (Wildman–Crippen LogP) is 2.38. The van der Waals surface area contributed by atoms with E-state index in [1.54, 1.807) is 38.1 Å². The van der Waals surface area contributed by atoms with Crippen molar-refractivity contribution in [2.75, 3.05) is 11.9 Å². The number of rotatable bonds is 5. The molecule has 0 aliphatic heterocycles. The number of hydrogen-bond acceptors (Lipinski definition) is 3. The number of nitrogens with one attached hydrogen (secondary N) is 1. The number of anilines is 1. The van der Waals surface area contributed by atoms with Gasteiger partial charge in [0.15, 0.2) is 0 Å². The molecule has 1 saturated carbocycles. The third-order valence-corrected chi connectivity index (χ3v) is 3.81. The largest absolute Gasteiger partial charge is 0.494 e. The Hall–Kier alpha value is -2.04. The van der Waals surface area contributed by atoms with Gasteiger partial charge < -0.3 is 15.2 Å². The summed E-state index contributed by atoms with van der Waals surface area (Å²) in [4.78, 5) is 23.2. The molecule has 0 unspecified atom stereocenters.